The van der Waals surface area contributed by atoms with Crippen molar-refractivity contribution in [3.8, 4) is 0 Å². The Bertz CT molecular complexity index is 417. The number of aryl methyl sites for hydroxylation is 1. The fraction of sp³-hybridized carbons (Fsp3) is 0.714. The molecule has 100 valence electrons. The normalized spacial score (nSPS) is 19.4. The summed E-state index contributed by atoms with van der Waals surface area (Å²) < 4.78 is 0. The monoisotopic (exact) mass is 249 g/mol. The Kier molecular flexibility index (Phi) is 3.73. The Balaban J connectivity index is 1.79. The van der Waals surface area contributed by atoms with Crippen LogP contribution in [0.15, 0.2) is 6.20 Å². The van der Waals surface area contributed by atoms with E-state index in [1.54, 1.807) is 0 Å². The van der Waals surface area contributed by atoms with Crippen LogP contribution in [0.3, 0.4) is 0 Å². The van der Waals surface area contributed by atoms with Crippen molar-refractivity contribution in [2.24, 2.45) is 5.41 Å². The summed E-state index contributed by atoms with van der Waals surface area (Å²) in [7, 11) is 0. The Hall–Kier alpha value is -1.32. The second-order valence-corrected chi connectivity index (χ2v) is 6.44. The molecule has 0 spiro atoms. The molecule has 4 heteroatoms. The zero-order chi connectivity index (χ0) is 13.2. The SMILES string of the molecule is CC(C)(C)CCC(=O)N[C@@H]1CCc2cn[nH]c2C1. The average Bonchev–Trinajstić information content (AvgIpc) is 2.72. The van der Waals surface area contributed by atoms with Crippen molar-refractivity contribution in [2.45, 2.75) is 58.9 Å². The second-order valence-electron chi connectivity index (χ2n) is 6.44. The third-order valence-corrected chi connectivity index (χ3v) is 3.49. The summed E-state index contributed by atoms with van der Waals surface area (Å²) in [6.07, 6.45) is 6.37. The van der Waals surface area contributed by atoms with Crippen LogP contribution in [0.1, 0.15) is 51.3 Å². The second kappa shape index (κ2) is 5.12. The van der Waals surface area contributed by atoms with Crippen molar-refractivity contribution in [2.75, 3.05) is 0 Å². The predicted molar refractivity (Wildman–Crippen MR) is 71.2 cm³/mol. The Labute approximate surface area is 109 Å². The van der Waals surface area contributed by atoms with Crippen molar-refractivity contribution in [3.05, 3.63) is 17.5 Å². The third kappa shape index (κ3) is 3.59. The van der Waals surface area contributed by atoms with Crippen LogP contribution in [0.4, 0.5) is 0 Å². The molecule has 1 amide bonds. The molecule has 2 N–H and O–H groups in total. The van der Waals surface area contributed by atoms with Crippen LogP contribution >= 0.6 is 0 Å². The molecule has 1 aliphatic rings. The van der Waals surface area contributed by atoms with Gasteiger partial charge in [0.1, 0.15) is 0 Å². The van der Waals surface area contributed by atoms with Gasteiger partial charge in [0, 0.05) is 24.6 Å². The van der Waals surface area contributed by atoms with Gasteiger partial charge in [0.2, 0.25) is 5.91 Å². The third-order valence-electron chi connectivity index (χ3n) is 3.49. The number of hydrogen-bond acceptors (Lipinski definition) is 2. The van der Waals surface area contributed by atoms with Crippen LogP contribution in [-0.4, -0.2) is 22.1 Å². The lowest BCUT2D eigenvalue weighted by Crippen LogP contribution is -2.39. The van der Waals surface area contributed by atoms with Crippen molar-refractivity contribution < 1.29 is 4.79 Å². The van der Waals surface area contributed by atoms with Crippen LogP contribution in [-0.2, 0) is 17.6 Å². The van der Waals surface area contributed by atoms with Gasteiger partial charge in [-0.2, -0.15) is 5.10 Å². The number of carbonyl (C=O) groups excluding carboxylic acids is 1. The molecule has 4 nitrogen and oxygen atoms in total. The number of rotatable bonds is 3. The van der Waals surface area contributed by atoms with Gasteiger partial charge in [-0.3, -0.25) is 9.89 Å². The molecular weight excluding hydrogens is 226 g/mol. The molecule has 18 heavy (non-hydrogen) atoms. The number of fused-ring (bicyclic) bond motifs is 1. The largest absolute Gasteiger partial charge is 0.353 e. The summed E-state index contributed by atoms with van der Waals surface area (Å²) >= 11 is 0. The van der Waals surface area contributed by atoms with E-state index in [0.29, 0.717) is 6.42 Å². The molecule has 1 heterocycles. The molecule has 0 aliphatic heterocycles. The minimum absolute atomic E-state index is 0.179. The van der Waals surface area contributed by atoms with Crippen LogP contribution in [0.25, 0.3) is 0 Å². The molecule has 0 unspecified atom stereocenters. The highest BCUT2D eigenvalue weighted by molar-refractivity contribution is 5.76. The van der Waals surface area contributed by atoms with E-state index in [9.17, 15) is 4.79 Å². The summed E-state index contributed by atoms with van der Waals surface area (Å²) in [6.45, 7) is 6.49. The Morgan fingerprint density at radius 1 is 1.56 bits per heavy atom. The molecule has 1 aromatic heterocycles. The maximum Gasteiger partial charge on any atom is 0.220 e. The van der Waals surface area contributed by atoms with E-state index >= 15 is 0 Å². The van der Waals surface area contributed by atoms with Gasteiger partial charge in [0.05, 0.1) is 6.20 Å². The van der Waals surface area contributed by atoms with Crippen molar-refractivity contribution in [1.82, 2.24) is 15.5 Å². The van der Waals surface area contributed by atoms with Crippen LogP contribution in [0, 0.1) is 5.41 Å². The highest BCUT2D eigenvalue weighted by atomic mass is 16.1. The first-order valence-electron chi connectivity index (χ1n) is 6.74. The van der Waals surface area contributed by atoms with Gasteiger partial charge in [0.15, 0.2) is 0 Å². The fourth-order valence-electron chi connectivity index (χ4n) is 2.32. The van der Waals surface area contributed by atoms with Crippen LogP contribution < -0.4 is 5.32 Å². The van der Waals surface area contributed by atoms with Gasteiger partial charge in [-0.25, -0.2) is 0 Å². The maximum absolute atomic E-state index is 11.9. The summed E-state index contributed by atoms with van der Waals surface area (Å²) in [4.78, 5) is 11.9. The molecule has 0 saturated heterocycles. The Morgan fingerprint density at radius 2 is 2.33 bits per heavy atom. The molecule has 1 aromatic rings. The standard InChI is InChI=1S/C14H23N3O/c1-14(2,3)7-6-13(18)16-11-5-4-10-9-15-17-12(10)8-11/h9,11H,4-8H2,1-3H3,(H,15,17)(H,16,18)/t11-/m1/s1. The quantitative estimate of drug-likeness (QED) is 0.863. The van der Waals surface area contributed by atoms with Crippen molar-refractivity contribution >= 4 is 5.91 Å². The molecule has 2 rings (SSSR count). The molecule has 0 saturated carbocycles. The number of nitrogens with one attached hydrogen (secondary N) is 2. The first kappa shape index (κ1) is 13.1. The van der Waals surface area contributed by atoms with Gasteiger partial charge >= 0.3 is 0 Å². The predicted octanol–water partition coefficient (Wildman–Crippen LogP) is 2.21. The van der Waals surface area contributed by atoms with Gasteiger partial charge < -0.3 is 5.32 Å². The molecular formula is C14H23N3O. The van der Waals surface area contributed by atoms with E-state index in [2.05, 4.69) is 36.3 Å². The summed E-state index contributed by atoms with van der Waals surface area (Å²) in [5.41, 5.74) is 2.71. The topological polar surface area (TPSA) is 57.8 Å². The summed E-state index contributed by atoms with van der Waals surface area (Å²) in [5.74, 6) is 0.179. The van der Waals surface area contributed by atoms with Gasteiger partial charge in [-0.1, -0.05) is 20.8 Å². The molecule has 0 fully saturated rings. The smallest absolute Gasteiger partial charge is 0.220 e. The van der Waals surface area contributed by atoms with E-state index in [-0.39, 0.29) is 17.4 Å². The van der Waals surface area contributed by atoms with Crippen LogP contribution in [0.2, 0.25) is 0 Å². The van der Waals surface area contributed by atoms with Gasteiger partial charge in [-0.15, -0.1) is 0 Å². The average molecular weight is 249 g/mol. The molecule has 0 bridgehead atoms. The number of amides is 1. The number of carbonyl (C=O) groups is 1. The van der Waals surface area contributed by atoms with E-state index < -0.39 is 0 Å². The van der Waals surface area contributed by atoms with E-state index in [1.165, 1.54) is 11.3 Å². The summed E-state index contributed by atoms with van der Waals surface area (Å²) in [5, 5.41) is 10.2. The lowest BCUT2D eigenvalue weighted by Gasteiger charge is -2.24. The molecule has 0 aromatic carbocycles. The number of H-pyrrole nitrogens is 1. The molecule has 0 radical (unpaired) electrons. The summed E-state index contributed by atoms with van der Waals surface area (Å²) in [6, 6.07) is 0.269. The highest BCUT2D eigenvalue weighted by Crippen LogP contribution is 2.21. The minimum Gasteiger partial charge on any atom is -0.353 e. The van der Waals surface area contributed by atoms with Crippen molar-refractivity contribution in [3.63, 3.8) is 0 Å². The van der Waals surface area contributed by atoms with E-state index in [1.807, 2.05) is 6.20 Å². The number of hydrogen-bond donors (Lipinski definition) is 2. The van der Waals surface area contributed by atoms with Crippen LogP contribution in [0.5, 0.6) is 0 Å². The number of nitrogens with zero attached hydrogens (tertiary/aromatic N) is 1. The van der Waals surface area contributed by atoms with E-state index in [4.69, 9.17) is 0 Å². The zero-order valence-corrected chi connectivity index (χ0v) is 11.5. The molecule has 1 atom stereocenters. The Morgan fingerprint density at radius 3 is 3.06 bits per heavy atom. The molecule has 1 aliphatic carbocycles. The van der Waals surface area contributed by atoms with E-state index in [0.717, 1.165) is 25.7 Å². The van der Waals surface area contributed by atoms with Gasteiger partial charge in [-0.05, 0) is 30.2 Å². The van der Waals surface area contributed by atoms with Gasteiger partial charge in [0.25, 0.3) is 0 Å². The minimum atomic E-state index is 0.179. The first-order chi connectivity index (χ1) is 8.44. The first-order valence-corrected chi connectivity index (χ1v) is 6.74. The van der Waals surface area contributed by atoms with Crippen molar-refractivity contribution in [1.29, 1.82) is 0 Å². The lowest BCUT2D eigenvalue weighted by atomic mass is 9.90. The number of aromatic nitrogens is 2. The number of aromatic amines is 1. The lowest BCUT2D eigenvalue weighted by molar-refractivity contribution is -0.122. The zero-order valence-electron chi connectivity index (χ0n) is 11.5. The fourth-order valence-corrected chi connectivity index (χ4v) is 2.32. The highest BCUT2D eigenvalue weighted by Gasteiger charge is 2.22. The maximum atomic E-state index is 11.9.